The first kappa shape index (κ1) is 23.0. The summed E-state index contributed by atoms with van der Waals surface area (Å²) in [7, 11) is -0.591. The molecule has 10 nitrogen and oxygen atoms in total. The number of aromatic nitrogens is 2. The maximum Gasteiger partial charge on any atom is 0.246 e. The molecule has 0 aliphatic carbocycles. The van der Waals surface area contributed by atoms with E-state index in [0.29, 0.717) is 49.2 Å². The number of amides is 1. The maximum atomic E-state index is 13.0. The fourth-order valence-electron chi connectivity index (χ4n) is 3.51. The third-order valence-electron chi connectivity index (χ3n) is 5.11. The van der Waals surface area contributed by atoms with Crippen LogP contribution >= 0.6 is 0 Å². The van der Waals surface area contributed by atoms with Crippen LogP contribution in [-0.2, 0) is 32.6 Å². The molecule has 170 valence electrons. The van der Waals surface area contributed by atoms with Crippen LogP contribution in [0.5, 0.6) is 11.5 Å². The molecule has 1 saturated heterocycles. The van der Waals surface area contributed by atoms with Crippen LogP contribution in [0.2, 0.25) is 0 Å². The normalized spacial score (nSPS) is 15.0. The summed E-state index contributed by atoms with van der Waals surface area (Å²) in [4.78, 5) is 12.6. The summed E-state index contributed by atoms with van der Waals surface area (Å²) in [5.41, 5.74) is 1.65. The second-order valence-electron chi connectivity index (χ2n) is 7.14. The number of rotatable bonds is 8. The number of aryl methyl sites for hydroxylation is 1. The molecular formula is C20H28N4O6S. The Labute approximate surface area is 182 Å². The Bertz CT molecular complexity index is 1040. The number of nitrogens with one attached hydrogen (secondary N) is 1. The highest BCUT2D eigenvalue weighted by Gasteiger charge is 2.32. The molecule has 11 heteroatoms. The maximum absolute atomic E-state index is 13.0. The average molecular weight is 453 g/mol. The van der Waals surface area contributed by atoms with E-state index in [4.69, 9.17) is 14.2 Å². The lowest BCUT2D eigenvalue weighted by molar-refractivity contribution is -0.122. The standard InChI is InChI=1S/C20H28N4O6S/c1-14-20(31(26,27)23-7-9-30-10-8-23)15(2)24(22-14)13-19(25)21-12-16-5-6-17(28-3)18(11-16)29-4/h5-6,11H,7-10,12-13H2,1-4H3,(H,21,25). The van der Waals surface area contributed by atoms with Crippen molar-refractivity contribution in [2.45, 2.75) is 31.8 Å². The monoisotopic (exact) mass is 452 g/mol. The van der Waals surface area contributed by atoms with Gasteiger partial charge in [0, 0.05) is 19.6 Å². The number of methoxy groups -OCH3 is 2. The lowest BCUT2D eigenvalue weighted by atomic mass is 10.2. The van der Waals surface area contributed by atoms with Crippen molar-refractivity contribution in [1.82, 2.24) is 19.4 Å². The van der Waals surface area contributed by atoms with E-state index in [0.717, 1.165) is 5.56 Å². The van der Waals surface area contributed by atoms with Crippen molar-refractivity contribution in [1.29, 1.82) is 0 Å². The number of carbonyl (C=O) groups is 1. The quantitative estimate of drug-likeness (QED) is 0.632. The van der Waals surface area contributed by atoms with Gasteiger partial charge in [-0.2, -0.15) is 9.40 Å². The zero-order chi connectivity index (χ0) is 22.6. The van der Waals surface area contributed by atoms with Gasteiger partial charge < -0.3 is 19.5 Å². The fourth-order valence-corrected chi connectivity index (χ4v) is 5.29. The summed E-state index contributed by atoms with van der Waals surface area (Å²) in [5.74, 6) is 0.899. The van der Waals surface area contributed by atoms with Crippen molar-refractivity contribution in [3.63, 3.8) is 0 Å². The lowest BCUT2D eigenvalue weighted by Gasteiger charge is -2.26. The minimum atomic E-state index is -3.70. The molecule has 0 atom stereocenters. The first-order valence-corrected chi connectivity index (χ1v) is 11.3. The molecule has 31 heavy (non-hydrogen) atoms. The van der Waals surface area contributed by atoms with Gasteiger partial charge in [-0.15, -0.1) is 0 Å². The molecule has 2 aromatic rings. The van der Waals surface area contributed by atoms with Gasteiger partial charge in [0.05, 0.1) is 38.8 Å². The van der Waals surface area contributed by atoms with Crippen LogP contribution in [0.4, 0.5) is 0 Å². The minimum Gasteiger partial charge on any atom is -0.493 e. The molecule has 0 spiro atoms. The largest absolute Gasteiger partial charge is 0.493 e. The highest BCUT2D eigenvalue weighted by molar-refractivity contribution is 7.89. The molecule has 1 aromatic carbocycles. The third-order valence-corrected chi connectivity index (χ3v) is 7.27. The summed E-state index contributed by atoms with van der Waals surface area (Å²) < 4.78 is 44.6. The van der Waals surface area contributed by atoms with Crippen molar-refractivity contribution in [2.24, 2.45) is 0 Å². The zero-order valence-corrected chi connectivity index (χ0v) is 19.0. The number of ether oxygens (including phenoxy) is 3. The van der Waals surface area contributed by atoms with Crippen LogP contribution in [0.15, 0.2) is 23.1 Å². The van der Waals surface area contributed by atoms with E-state index >= 15 is 0 Å². The number of hydrogen-bond acceptors (Lipinski definition) is 7. The summed E-state index contributed by atoms with van der Waals surface area (Å²) >= 11 is 0. The number of carbonyl (C=O) groups excluding carboxylic acids is 1. The Hall–Kier alpha value is -2.63. The van der Waals surface area contributed by atoms with Gasteiger partial charge in [-0.3, -0.25) is 9.48 Å². The summed E-state index contributed by atoms with van der Waals surface area (Å²) in [6.45, 7) is 4.84. The van der Waals surface area contributed by atoms with Gasteiger partial charge in [-0.25, -0.2) is 8.42 Å². The van der Waals surface area contributed by atoms with Crippen molar-refractivity contribution in [3.05, 3.63) is 35.2 Å². The van der Waals surface area contributed by atoms with Crippen molar-refractivity contribution >= 4 is 15.9 Å². The second-order valence-corrected chi connectivity index (χ2v) is 9.01. The molecule has 1 N–H and O–H groups in total. The lowest BCUT2D eigenvalue weighted by Crippen LogP contribution is -2.41. The second kappa shape index (κ2) is 9.67. The molecule has 0 unspecified atom stereocenters. The molecule has 1 amide bonds. The predicted molar refractivity (Wildman–Crippen MR) is 113 cm³/mol. The van der Waals surface area contributed by atoms with Gasteiger partial charge in [-0.1, -0.05) is 6.07 Å². The number of hydrogen-bond donors (Lipinski definition) is 1. The smallest absolute Gasteiger partial charge is 0.246 e. The van der Waals surface area contributed by atoms with Gasteiger partial charge in [0.15, 0.2) is 11.5 Å². The minimum absolute atomic E-state index is 0.0847. The highest BCUT2D eigenvalue weighted by atomic mass is 32.2. The number of morpholine rings is 1. The van der Waals surface area contributed by atoms with Gasteiger partial charge in [0.1, 0.15) is 11.4 Å². The van der Waals surface area contributed by atoms with E-state index < -0.39 is 10.0 Å². The first-order chi connectivity index (χ1) is 14.8. The van der Waals surface area contributed by atoms with E-state index in [9.17, 15) is 13.2 Å². The van der Waals surface area contributed by atoms with E-state index in [2.05, 4.69) is 10.4 Å². The Balaban J connectivity index is 1.69. The van der Waals surface area contributed by atoms with Gasteiger partial charge >= 0.3 is 0 Å². The van der Waals surface area contributed by atoms with Crippen molar-refractivity contribution in [3.8, 4) is 11.5 Å². The van der Waals surface area contributed by atoms with E-state index in [1.807, 2.05) is 6.07 Å². The molecular weight excluding hydrogens is 424 g/mol. The van der Waals surface area contributed by atoms with Gasteiger partial charge in [0.25, 0.3) is 0 Å². The van der Waals surface area contributed by atoms with Gasteiger partial charge in [-0.05, 0) is 31.5 Å². The van der Waals surface area contributed by atoms with E-state index in [1.54, 1.807) is 40.2 Å². The molecule has 0 bridgehead atoms. The van der Waals surface area contributed by atoms with Crippen molar-refractivity contribution in [2.75, 3.05) is 40.5 Å². The Morgan fingerprint density at radius 2 is 1.84 bits per heavy atom. The van der Waals surface area contributed by atoms with Gasteiger partial charge in [0.2, 0.25) is 15.9 Å². The first-order valence-electron chi connectivity index (χ1n) is 9.87. The van der Waals surface area contributed by atoms with Crippen LogP contribution in [0.25, 0.3) is 0 Å². The fraction of sp³-hybridized carbons (Fsp3) is 0.500. The SMILES string of the molecule is COc1ccc(CNC(=O)Cn2nc(C)c(S(=O)(=O)N3CCOCC3)c2C)cc1OC. The zero-order valence-electron chi connectivity index (χ0n) is 18.2. The van der Waals surface area contributed by atoms with Crippen LogP contribution in [0.3, 0.4) is 0 Å². The third kappa shape index (κ3) is 5.00. The molecule has 0 saturated carbocycles. The molecule has 1 aliphatic heterocycles. The molecule has 1 aliphatic rings. The topological polar surface area (TPSA) is 112 Å². The summed E-state index contributed by atoms with van der Waals surface area (Å²) in [6, 6.07) is 5.39. The van der Waals surface area contributed by atoms with Crippen molar-refractivity contribution < 1.29 is 27.4 Å². The molecule has 2 heterocycles. The molecule has 0 radical (unpaired) electrons. The average Bonchev–Trinajstić information content (AvgIpc) is 3.05. The van der Waals surface area contributed by atoms with Crippen LogP contribution in [0.1, 0.15) is 17.0 Å². The number of sulfonamides is 1. The summed E-state index contributed by atoms with van der Waals surface area (Å²) in [6.07, 6.45) is 0. The van der Waals surface area contributed by atoms with Crippen LogP contribution in [0, 0.1) is 13.8 Å². The Kier molecular flexibility index (Phi) is 7.19. The Morgan fingerprint density at radius 3 is 2.48 bits per heavy atom. The number of nitrogens with zero attached hydrogens (tertiary/aromatic N) is 3. The summed E-state index contributed by atoms with van der Waals surface area (Å²) in [5, 5.41) is 7.12. The molecule has 1 aromatic heterocycles. The number of benzene rings is 1. The Morgan fingerprint density at radius 1 is 1.16 bits per heavy atom. The predicted octanol–water partition coefficient (Wildman–Crippen LogP) is 0.854. The molecule has 1 fully saturated rings. The van der Waals surface area contributed by atoms with Crippen LogP contribution < -0.4 is 14.8 Å². The molecule has 3 rings (SSSR count). The highest BCUT2D eigenvalue weighted by Crippen LogP contribution is 2.27. The van der Waals surface area contributed by atoms with E-state index in [1.165, 1.54) is 8.99 Å². The van der Waals surface area contributed by atoms with E-state index in [-0.39, 0.29) is 23.9 Å². The van der Waals surface area contributed by atoms with Crippen LogP contribution in [-0.4, -0.2) is 68.9 Å².